The molecule has 312 valence electrons. The van der Waals surface area contributed by atoms with Crippen LogP contribution in [0.5, 0.6) is 0 Å². The van der Waals surface area contributed by atoms with Crippen molar-refractivity contribution < 1.29 is 0 Å². The fraction of sp³-hybridized carbons (Fsp3) is 0.0625. The van der Waals surface area contributed by atoms with Crippen LogP contribution in [0.3, 0.4) is 0 Å². The molecule has 2 heteroatoms. The summed E-state index contributed by atoms with van der Waals surface area (Å²) in [6, 6.07) is 87.8. The van der Waals surface area contributed by atoms with E-state index in [9.17, 15) is 0 Å². The first-order valence-electron chi connectivity index (χ1n) is 23.0. The summed E-state index contributed by atoms with van der Waals surface area (Å²) >= 11 is 1.95. The Bertz CT molecular complexity index is 3600. The molecular weight excluding hydrogens is 815 g/mol. The highest BCUT2D eigenvalue weighted by molar-refractivity contribution is 7.26. The maximum absolute atomic E-state index is 2.49. The summed E-state index contributed by atoms with van der Waals surface area (Å²) in [4.78, 5) is 2.44. The highest BCUT2D eigenvalue weighted by Gasteiger charge is 2.46. The van der Waals surface area contributed by atoms with E-state index < -0.39 is 5.41 Å². The molecule has 0 unspecified atom stereocenters. The number of hydrogen-bond donors (Lipinski definition) is 0. The third-order valence-electron chi connectivity index (χ3n) is 14.5. The highest BCUT2D eigenvalue weighted by Crippen LogP contribution is 2.61. The van der Waals surface area contributed by atoms with E-state index in [0.29, 0.717) is 0 Å². The minimum Gasteiger partial charge on any atom is -0.310 e. The average molecular weight is 860 g/mol. The molecule has 13 rings (SSSR count). The average Bonchev–Trinajstić information content (AvgIpc) is 3.99. The largest absolute Gasteiger partial charge is 0.310 e. The number of anilines is 3. The van der Waals surface area contributed by atoms with E-state index in [1.54, 1.807) is 0 Å². The van der Waals surface area contributed by atoms with E-state index in [-0.39, 0.29) is 5.41 Å². The fourth-order valence-corrected chi connectivity index (χ4v) is 13.2. The summed E-state index contributed by atoms with van der Waals surface area (Å²) in [6.45, 7) is 4.90. The molecule has 0 amide bonds. The number of thiophene rings is 1. The molecule has 0 spiro atoms. The summed E-state index contributed by atoms with van der Waals surface area (Å²) in [5.74, 6) is 0. The Labute approximate surface area is 390 Å². The number of nitrogens with zero attached hydrogens (tertiary/aromatic N) is 1. The molecule has 1 aromatic heterocycles. The van der Waals surface area contributed by atoms with Gasteiger partial charge in [0.2, 0.25) is 0 Å². The molecule has 0 aliphatic heterocycles. The second kappa shape index (κ2) is 14.9. The molecule has 0 radical (unpaired) electrons. The van der Waals surface area contributed by atoms with Gasteiger partial charge in [-0.05, 0) is 120 Å². The molecule has 0 saturated carbocycles. The normalized spacial score (nSPS) is 13.8. The topological polar surface area (TPSA) is 3.24 Å². The minimum atomic E-state index is -0.457. The second-order valence-electron chi connectivity index (χ2n) is 18.3. The van der Waals surface area contributed by atoms with E-state index in [1.807, 2.05) is 11.3 Å². The lowest BCUT2D eigenvalue weighted by Gasteiger charge is -2.34. The Morgan fingerprint density at radius 2 is 0.879 bits per heavy atom. The minimum absolute atomic E-state index is 0.296. The molecule has 0 fully saturated rings. The lowest BCUT2D eigenvalue weighted by molar-refractivity contribution is 0.667. The van der Waals surface area contributed by atoms with Crippen LogP contribution in [0.25, 0.3) is 64.7 Å². The second-order valence-corrected chi connectivity index (χ2v) is 19.4. The molecular formula is C64H45NS. The summed E-state index contributed by atoms with van der Waals surface area (Å²) in [5.41, 5.74) is 20.9. The van der Waals surface area contributed by atoms with Crippen molar-refractivity contribution in [1.29, 1.82) is 0 Å². The van der Waals surface area contributed by atoms with Crippen molar-refractivity contribution in [3.63, 3.8) is 0 Å². The predicted octanol–water partition coefficient (Wildman–Crippen LogP) is 17.5. The van der Waals surface area contributed by atoms with Gasteiger partial charge in [0.1, 0.15) is 0 Å². The molecule has 2 aliphatic carbocycles. The Hall–Kier alpha value is -7.78. The Kier molecular flexibility index (Phi) is 8.72. The predicted molar refractivity (Wildman–Crippen MR) is 280 cm³/mol. The van der Waals surface area contributed by atoms with Gasteiger partial charge in [-0.1, -0.05) is 208 Å². The zero-order chi connectivity index (χ0) is 44.0. The van der Waals surface area contributed by atoms with E-state index in [4.69, 9.17) is 0 Å². The van der Waals surface area contributed by atoms with Crippen LogP contribution in [0.15, 0.2) is 237 Å². The Morgan fingerprint density at radius 3 is 1.53 bits per heavy atom. The van der Waals surface area contributed by atoms with Gasteiger partial charge in [-0.25, -0.2) is 0 Å². The zero-order valence-electron chi connectivity index (χ0n) is 36.9. The van der Waals surface area contributed by atoms with Crippen molar-refractivity contribution in [3.05, 3.63) is 270 Å². The first kappa shape index (κ1) is 38.7. The van der Waals surface area contributed by atoms with Crippen molar-refractivity contribution in [2.45, 2.75) is 24.7 Å². The van der Waals surface area contributed by atoms with Crippen molar-refractivity contribution in [2.75, 3.05) is 4.90 Å². The monoisotopic (exact) mass is 859 g/mol. The number of para-hydroxylation sites is 1. The van der Waals surface area contributed by atoms with Crippen LogP contribution in [0.1, 0.15) is 47.2 Å². The van der Waals surface area contributed by atoms with Crippen molar-refractivity contribution in [1.82, 2.24) is 0 Å². The maximum atomic E-state index is 2.49. The van der Waals surface area contributed by atoms with E-state index in [2.05, 4.69) is 255 Å². The van der Waals surface area contributed by atoms with Gasteiger partial charge in [0.05, 0.1) is 5.41 Å². The number of hydrogen-bond acceptors (Lipinski definition) is 2. The molecule has 0 saturated heterocycles. The van der Waals surface area contributed by atoms with Crippen LogP contribution in [0.4, 0.5) is 17.1 Å². The molecule has 10 aromatic carbocycles. The van der Waals surface area contributed by atoms with E-state index >= 15 is 0 Å². The van der Waals surface area contributed by atoms with Gasteiger partial charge in [-0.15, -0.1) is 11.3 Å². The van der Waals surface area contributed by atoms with E-state index in [0.717, 1.165) is 17.1 Å². The molecule has 11 aromatic rings. The van der Waals surface area contributed by atoms with Gasteiger partial charge in [0.15, 0.2) is 0 Å². The number of rotatable bonds is 7. The van der Waals surface area contributed by atoms with Gasteiger partial charge in [0, 0.05) is 42.6 Å². The van der Waals surface area contributed by atoms with Crippen LogP contribution in [-0.4, -0.2) is 0 Å². The van der Waals surface area contributed by atoms with Crippen molar-refractivity contribution in [2.24, 2.45) is 0 Å². The molecule has 1 heterocycles. The lowest BCUT2D eigenvalue weighted by atomic mass is 9.68. The summed E-state index contributed by atoms with van der Waals surface area (Å²) < 4.78 is 2.70. The Morgan fingerprint density at radius 1 is 0.379 bits per heavy atom. The third-order valence-corrected chi connectivity index (χ3v) is 15.7. The SMILES string of the molecule is CC1(C)c2cc(N(c3ccccc3)c3ccc(C4(c5ccccc5)c5ccccc5-c5ccccc54)cc3)ccc2-c2c(-c3ccccc3)c(-c3ccccc3)c3c(sc4ccccc43)c21. The van der Waals surface area contributed by atoms with Crippen LogP contribution >= 0.6 is 11.3 Å². The smallest absolute Gasteiger partial charge is 0.0713 e. The first-order valence-corrected chi connectivity index (χ1v) is 23.8. The van der Waals surface area contributed by atoms with Crippen molar-refractivity contribution >= 4 is 48.6 Å². The summed E-state index contributed by atoms with van der Waals surface area (Å²) in [5, 5.41) is 2.67. The Balaban J connectivity index is 1.02. The molecule has 0 atom stereocenters. The van der Waals surface area contributed by atoms with Gasteiger partial charge in [0.25, 0.3) is 0 Å². The lowest BCUT2D eigenvalue weighted by Crippen LogP contribution is -2.28. The summed E-state index contributed by atoms with van der Waals surface area (Å²) in [7, 11) is 0. The third kappa shape index (κ3) is 5.52. The quantitative estimate of drug-likeness (QED) is 0.154. The van der Waals surface area contributed by atoms with Gasteiger partial charge < -0.3 is 4.90 Å². The van der Waals surface area contributed by atoms with Gasteiger partial charge in [-0.3, -0.25) is 0 Å². The van der Waals surface area contributed by atoms with Crippen LogP contribution in [0, 0.1) is 0 Å². The number of fused-ring (bicyclic) bond motifs is 10. The van der Waals surface area contributed by atoms with Gasteiger partial charge in [-0.2, -0.15) is 0 Å². The van der Waals surface area contributed by atoms with Gasteiger partial charge >= 0.3 is 0 Å². The number of benzene rings is 10. The summed E-state index contributed by atoms with van der Waals surface area (Å²) in [6.07, 6.45) is 0. The molecule has 0 N–H and O–H groups in total. The molecule has 0 bridgehead atoms. The first-order chi connectivity index (χ1) is 32.5. The maximum Gasteiger partial charge on any atom is 0.0713 e. The van der Waals surface area contributed by atoms with Crippen LogP contribution in [0.2, 0.25) is 0 Å². The molecule has 66 heavy (non-hydrogen) atoms. The van der Waals surface area contributed by atoms with Crippen LogP contribution < -0.4 is 4.90 Å². The highest BCUT2D eigenvalue weighted by atomic mass is 32.1. The standard InChI is InChI=1S/C64H45NS/c1-63(2)55-41-48(39-40-51(55)59-57(42-21-7-3-8-22-42)58(43-23-9-4-10-24-43)60-52-31-17-20-34-56(52)66-62(60)61(59)63)65(46-27-13-6-14-28-46)47-37-35-45(36-38-47)64(44-25-11-5-12-26-44)53-32-18-15-29-49(53)50-30-16-19-33-54(50)64/h3-41H,1-2H3. The fourth-order valence-electron chi connectivity index (χ4n) is 11.7. The molecule has 2 aliphatic rings. The zero-order valence-corrected chi connectivity index (χ0v) is 37.7. The molecule has 1 nitrogen and oxygen atoms in total. The van der Waals surface area contributed by atoms with Crippen LogP contribution in [-0.2, 0) is 10.8 Å². The van der Waals surface area contributed by atoms with E-state index in [1.165, 1.54) is 98.1 Å². The van der Waals surface area contributed by atoms with Crippen molar-refractivity contribution in [3.8, 4) is 44.5 Å².